The smallest absolute Gasteiger partial charge is 0.338 e. The van der Waals surface area contributed by atoms with E-state index >= 15 is 0 Å². The molecule has 3 heterocycles. The SMILES string of the molecule is CO[C@]1(C)C[C@@H](C)CN(C)[C@@H](C(O)C2CCNCC2)COC(=O)C(C)(C)C(=O)[C@H](C)[C@H]1O[C@@H]1O[C@H](C)C[C@H](N(C)C)[C@H]1OC(=O)c1ccccc1. The number of aliphatic hydroxyl groups is 1. The molecule has 51 heavy (non-hydrogen) atoms. The van der Waals surface area contributed by atoms with Gasteiger partial charge < -0.3 is 39.0 Å². The first kappa shape index (κ1) is 41.3. The number of hydrogen-bond donors (Lipinski definition) is 2. The maximum Gasteiger partial charge on any atom is 0.338 e. The molecule has 1 aromatic rings. The van der Waals surface area contributed by atoms with E-state index < -0.39 is 59.5 Å². The lowest BCUT2D eigenvalue weighted by atomic mass is 9.74. The van der Waals surface area contributed by atoms with Crippen molar-refractivity contribution in [3.8, 4) is 0 Å². The number of nitrogens with zero attached hydrogens (tertiary/aromatic N) is 2. The van der Waals surface area contributed by atoms with Crippen LogP contribution in [0.3, 0.4) is 0 Å². The summed E-state index contributed by atoms with van der Waals surface area (Å²) in [6.45, 7) is 13.1. The first-order valence-electron chi connectivity index (χ1n) is 18.6. The van der Waals surface area contributed by atoms with Gasteiger partial charge in [-0.25, -0.2) is 4.79 Å². The summed E-state index contributed by atoms with van der Waals surface area (Å²) in [6, 6.07) is 8.08. The number of piperidine rings is 1. The number of benzene rings is 1. The van der Waals surface area contributed by atoms with Crippen LogP contribution in [-0.2, 0) is 33.3 Å². The van der Waals surface area contributed by atoms with Crippen molar-refractivity contribution in [3.05, 3.63) is 35.9 Å². The van der Waals surface area contributed by atoms with Gasteiger partial charge in [-0.15, -0.1) is 0 Å². The molecule has 0 bridgehead atoms. The molecule has 12 heteroatoms. The molecule has 0 saturated carbocycles. The van der Waals surface area contributed by atoms with Gasteiger partial charge in [-0.2, -0.15) is 0 Å². The molecule has 3 saturated heterocycles. The van der Waals surface area contributed by atoms with Crippen molar-refractivity contribution < 1.29 is 43.2 Å². The number of rotatable bonds is 8. The van der Waals surface area contributed by atoms with Crippen molar-refractivity contribution in [1.82, 2.24) is 15.1 Å². The number of nitrogens with one attached hydrogen (secondary N) is 1. The zero-order valence-corrected chi connectivity index (χ0v) is 32.4. The van der Waals surface area contributed by atoms with Crippen LogP contribution in [0.15, 0.2) is 30.3 Å². The van der Waals surface area contributed by atoms with Crippen LogP contribution in [-0.4, -0.2) is 136 Å². The summed E-state index contributed by atoms with van der Waals surface area (Å²) in [4.78, 5) is 45.8. The van der Waals surface area contributed by atoms with E-state index in [1.807, 2.05) is 46.0 Å². The molecule has 0 aliphatic carbocycles. The molecule has 0 amide bonds. The summed E-state index contributed by atoms with van der Waals surface area (Å²) in [5, 5.41) is 15.0. The Morgan fingerprint density at radius 3 is 2.33 bits per heavy atom. The zero-order valence-electron chi connectivity index (χ0n) is 32.4. The summed E-state index contributed by atoms with van der Waals surface area (Å²) in [7, 11) is 7.40. The molecule has 3 aliphatic heterocycles. The van der Waals surface area contributed by atoms with E-state index in [1.54, 1.807) is 52.1 Å². The summed E-state index contributed by atoms with van der Waals surface area (Å²) < 4.78 is 31.7. The molecule has 12 nitrogen and oxygen atoms in total. The predicted molar refractivity (Wildman–Crippen MR) is 193 cm³/mol. The second-order valence-corrected chi connectivity index (χ2v) is 16.2. The van der Waals surface area contributed by atoms with E-state index in [0.717, 1.165) is 25.9 Å². The van der Waals surface area contributed by atoms with Crippen molar-refractivity contribution >= 4 is 17.7 Å². The first-order valence-corrected chi connectivity index (χ1v) is 18.6. The highest BCUT2D eigenvalue weighted by Gasteiger charge is 2.52. The van der Waals surface area contributed by atoms with Gasteiger partial charge in [-0.1, -0.05) is 32.0 Å². The Hall–Kier alpha value is -2.45. The second kappa shape index (κ2) is 17.6. The second-order valence-electron chi connectivity index (χ2n) is 16.2. The Kier molecular flexibility index (Phi) is 14.2. The third-order valence-corrected chi connectivity index (χ3v) is 11.4. The van der Waals surface area contributed by atoms with Crippen molar-refractivity contribution in [3.63, 3.8) is 0 Å². The number of ketones is 1. The number of aliphatic hydroxyl groups excluding tert-OH is 1. The van der Waals surface area contributed by atoms with Gasteiger partial charge in [-0.3, -0.25) is 14.5 Å². The van der Waals surface area contributed by atoms with E-state index in [2.05, 4.69) is 17.1 Å². The van der Waals surface area contributed by atoms with Gasteiger partial charge in [0.2, 0.25) is 0 Å². The van der Waals surface area contributed by atoms with E-state index in [9.17, 15) is 19.5 Å². The quantitative estimate of drug-likeness (QED) is 0.301. The van der Waals surface area contributed by atoms with Gasteiger partial charge in [-0.05, 0) is 112 Å². The summed E-state index contributed by atoms with van der Waals surface area (Å²) in [6.07, 6.45) is -1.02. The highest BCUT2D eigenvalue weighted by atomic mass is 16.7. The lowest BCUT2D eigenvalue weighted by Gasteiger charge is -2.48. The van der Waals surface area contributed by atoms with E-state index in [4.69, 9.17) is 23.7 Å². The zero-order chi connectivity index (χ0) is 37.7. The molecule has 2 N–H and O–H groups in total. The maximum atomic E-state index is 14.5. The Labute approximate surface area is 304 Å². The maximum absolute atomic E-state index is 14.5. The number of cyclic esters (lactones) is 1. The van der Waals surface area contributed by atoms with Crippen LogP contribution in [0.2, 0.25) is 0 Å². The highest BCUT2D eigenvalue weighted by molar-refractivity contribution is 6.04. The van der Waals surface area contributed by atoms with Gasteiger partial charge in [0.25, 0.3) is 0 Å². The number of methoxy groups -OCH3 is 1. The average Bonchev–Trinajstić information content (AvgIpc) is 3.10. The van der Waals surface area contributed by atoms with Gasteiger partial charge in [0, 0.05) is 19.6 Å². The van der Waals surface area contributed by atoms with Crippen LogP contribution >= 0.6 is 0 Å². The largest absolute Gasteiger partial charge is 0.463 e. The standard InChI is InChI=1S/C39H63N3O9/c1-24-21-39(6,47-10)34(51-36-32(29(41(7)8)20-25(2)49-36)50-35(45)28-14-12-11-13-15-28)26(3)33(44)38(4,5)37(46)48-23-30(42(9)22-24)31(43)27-16-18-40-19-17-27/h11-15,24-27,29-32,34,36,40,43H,16-23H2,1-10H3/t24-,25-,26+,29+,30-,31?,32-,34-,36+,39-/m1/s1. The number of carbonyl (C=O) groups excluding carboxylic acids is 3. The summed E-state index contributed by atoms with van der Waals surface area (Å²) in [5.41, 5.74) is -2.18. The predicted octanol–water partition coefficient (Wildman–Crippen LogP) is 3.54. The lowest BCUT2D eigenvalue weighted by Crippen LogP contribution is -2.60. The molecule has 10 atom stereocenters. The Morgan fingerprint density at radius 2 is 1.73 bits per heavy atom. The molecule has 0 radical (unpaired) electrons. The van der Waals surface area contributed by atoms with E-state index in [-0.39, 0.29) is 36.4 Å². The molecule has 4 rings (SSSR count). The molecule has 0 spiro atoms. The minimum absolute atomic E-state index is 0.00738. The molecule has 288 valence electrons. The molecular formula is C39H63N3O9. The van der Waals surface area contributed by atoms with Gasteiger partial charge in [0.05, 0.1) is 41.6 Å². The minimum Gasteiger partial charge on any atom is -0.463 e. The van der Waals surface area contributed by atoms with Gasteiger partial charge >= 0.3 is 11.9 Å². The van der Waals surface area contributed by atoms with Crippen molar-refractivity contribution in [1.29, 1.82) is 0 Å². The Morgan fingerprint density at radius 1 is 1.08 bits per heavy atom. The molecule has 1 aromatic carbocycles. The van der Waals surface area contributed by atoms with Gasteiger partial charge in [0.15, 0.2) is 18.2 Å². The number of likely N-dealkylation sites (N-methyl/N-ethyl adjacent to an activating group) is 2. The van der Waals surface area contributed by atoms with Gasteiger partial charge in [0.1, 0.15) is 12.0 Å². The van der Waals surface area contributed by atoms with Crippen molar-refractivity contribution in [2.45, 2.75) is 116 Å². The minimum atomic E-state index is -1.54. The van der Waals surface area contributed by atoms with E-state index in [1.165, 1.54) is 0 Å². The van der Waals surface area contributed by atoms with Crippen LogP contribution in [0.4, 0.5) is 0 Å². The van der Waals surface area contributed by atoms with Crippen LogP contribution in [0.5, 0.6) is 0 Å². The number of Topliss-reactive ketones (excluding diaryl/α,β-unsaturated/α-hetero) is 1. The number of ether oxygens (including phenoxy) is 5. The molecule has 1 unspecified atom stereocenters. The van der Waals surface area contributed by atoms with Crippen molar-refractivity contribution in [2.75, 3.05) is 54.5 Å². The van der Waals surface area contributed by atoms with E-state index in [0.29, 0.717) is 24.9 Å². The summed E-state index contributed by atoms with van der Waals surface area (Å²) in [5.74, 6) is -2.33. The normalized spacial score (nSPS) is 35.6. The molecule has 3 fully saturated rings. The first-order chi connectivity index (χ1) is 24.0. The molecular weight excluding hydrogens is 654 g/mol. The Bertz CT molecular complexity index is 1310. The fourth-order valence-corrected chi connectivity index (χ4v) is 8.30. The van der Waals surface area contributed by atoms with Crippen molar-refractivity contribution in [2.24, 2.45) is 23.2 Å². The number of hydrogen-bond acceptors (Lipinski definition) is 12. The molecule has 0 aromatic heterocycles. The number of esters is 2. The topological polar surface area (TPSA) is 136 Å². The Balaban J connectivity index is 1.71. The highest BCUT2D eigenvalue weighted by Crippen LogP contribution is 2.39. The molecule has 3 aliphatic rings. The fraction of sp³-hybridized carbons (Fsp3) is 0.769. The third-order valence-electron chi connectivity index (χ3n) is 11.4. The lowest BCUT2D eigenvalue weighted by molar-refractivity contribution is -0.295. The number of carbonyl (C=O) groups is 3. The van der Waals surface area contributed by atoms with Crippen LogP contribution in [0.1, 0.15) is 77.6 Å². The monoisotopic (exact) mass is 717 g/mol. The fourth-order valence-electron chi connectivity index (χ4n) is 8.30. The third kappa shape index (κ3) is 9.76. The van der Waals surface area contributed by atoms with Crippen LogP contribution in [0.25, 0.3) is 0 Å². The summed E-state index contributed by atoms with van der Waals surface area (Å²) >= 11 is 0. The van der Waals surface area contributed by atoms with Crippen LogP contribution < -0.4 is 5.32 Å². The average molecular weight is 718 g/mol. The van der Waals surface area contributed by atoms with Crippen LogP contribution in [0, 0.1) is 23.2 Å².